The number of methoxy groups -OCH3 is 2. The van der Waals surface area contributed by atoms with Crippen molar-refractivity contribution in [1.29, 1.82) is 0 Å². The number of fused-ring (bicyclic) bond motifs is 1. The second-order valence-electron chi connectivity index (χ2n) is 5.20. The van der Waals surface area contributed by atoms with Gasteiger partial charge in [0.1, 0.15) is 11.5 Å². The highest BCUT2D eigenvalue weighted by Gasteiger charge is 2.36. The van der Waals surface area contributed by atoms with Crippen LogP contribution < -0.4 is 14.4 Å². The van der Waals surface area contributed by atoms with Crippen molar-refractivity contribution in [3.8, 4) is 11.5 Å². The zero-order valence-electron chi connectivity index (χ0n) is 11.4. The fraction of sp³-hybridized carbons (Fsp3) is 0.533. The maximum Gasteiger partial charge on any atom is 0.230 e. The van der Waals surface area contributed by atoms with Crippen molar-refractivity contribution in [3.63, 3.8) is 0 Å². The standard InChI is InChI=1S/C15H19NO3/c1-18-11-8-13-12(14(9-11)19-2)4-3-7-16(13)15(17)10-5-6-10/h8-10H,3-7H2,1-2H3. The van der Waals surface area contributed by atoms with Crippen molar-refractivity contribution < 1.29 is 14.3 Å². The van der Waals surface area contributed by atoms with E-state index in [-0.39, 0.29) is 11.8 Å². The van der Waals surface area contributed by atoms with Crippen LogP contribution in [0.1, 0.15) is 24.8 Å². The summed E-state index contributed by atoms with van der Waals surface area (Å²) in [6.45, 7) is 0.804. The topological polar surface area (TPSA) is 38.8 Å². The molecule has 102 valence electrons. The summed E-state index contributed by atoms with van der Waals surface area (Å²) in [5.74, 6) is 2.06. The first-order valence-corrected chi connectivity index (χ1v) is 6.81. The summed E-state index contributed by atoms with van der Waals surface area (Å²) < 4.78 is 10.8. The summed E-state index contributed by atoms with van der Waals surface area (Å²) in [4.78, 5) is 14.3. The molecule has 3 rings (SSSR count). The van der Waals surface area contributed by atoms with Gasteiger partial charge in [-0.3, -0.25) is 4.79 Å². The smallest absolute Gasteiger partial charge is 0.230 e. The van der Waals surface area contributed by atoms with Gasteiger partial charge in [0.25, 0.3) is 0 Å². The summed E-state index contributed by atoms with van der Waals surface area (Å²) in [5.41, 5.74) is 2.10. The Morgan fingerprint density at radius 2 is 2.05 bits per heavy atom. The third kappa shape index (κ3) is 2.15. The maximum atomic E-state index is 12.4. The first-order valence-electron chi connectivity index (χ1n) is 6.81. The first-order chi connectivity index (χ1) is 9.24. The molecule has 1 amide bonds. The number of hydrogen-bond acceptors (Lipinski definition) is 3. The van der Waals surface area contributed by atoms with Crippen LogP contribution >= 0.6 is 0 Å². The molecule has 0 unspecified atom stereocenters. The van der Waals surface area contributed by atoms with Crippen molar-refractivity contribution in [2.24, 2.45) is 5.92 Å². The highest BCUT2D eigenvalue weighted by molar-refractivity contribution is 5.98. The molecule has 1 fully saturated rings. The number of hydrogen-bond donors (Lipinski definition) is 0. The first kappa shape index (κ1) is 12.3. The Balaban J connectivity index is 2.03. The summed E-state index contributed by atoms with van der Waals surface area (Å²) in [7, 11) is 3.30. The van der Waals surface area contributed by atoms with Crippen LogP contribution in [-0.4, -0.2) is 26.7 Å². The van der Waals surface area contributed by atoms with E-state index >= 15 is 0 Å². The van der Waals surface area contributed by atoms with Crippen LogP contribution in [0, 0.1) is 5.92 Å². The van der Waals surface area contributed by atoms with Gasteiger partial charge in [-0.2, -0.15) is 0 Å². The number of carbonyl (C=O) groups is 1. The van der Waals surface area contributed by atoms with Crippen LogP contribution in [0.5, 0.6) is 11.5 Å². The molecule has 19 heavy (non-hydrogen) atoms. The lowest BCUT2D eigenvalue weighted by Crippen LogP contribution is -2.36. The average molecular weight is 261 g/mol. The van der Waals surface area contributed by atoms with Gasteiger partial charge in [0.2, 0.25) is 5.91 Å². The molecule has 0 saturated heterocycles. The minimum atomic E-state index is 0.239. The van der Waals surface area contributed by atoms with Gasteiger partial charge in [-0.1, -0.05) is 0 Å². The molecule has 1 saturated carbocycles. The van der Waals surface area contributed by atoms with Crippen LogP contribution in [0.4, 0.5) is 5.69 Å². The molecular formula is C15H19NO3. The number of amides is 1. The Morgan fingerprint density at radius 3 is 2.68 bits per heavy atom. The minimum Gasteiger partial charge on any atom is -0.497 e. The molecule has 1 aromatic rings. The summed E-state index contributed by atoms with van der Waals surface area (Å²) in [6.07, 6.45) is 4.02. The minimum absolute atomic E-state index is 0.239. The van der Waals surface area contributed by atoms with E-state index in [1.54, 1.807) is 14.2 Å². The molecule has 4 heteroatoms. The van der Waals surface area contributed by atoms with Crippen molar-refractivity contribution >= 4 is 11.6 Å². The normalized spacial score (nSPS) is 17.9. The fourth-order valence-electron chi connectivity index (χ4n) is 2.71. The number of ether oxygens (including phenoxy) is 2. The number of rotatable bonds is 3. The third-order valence-electron chi connectivity index (χ3n) is 3.91. The second kappa shape index (κ2) is 4.76. The second-order valence-corrected chi connectivity index (χ2v) is 5.20. The summed E-state index contributed by atoms with van der Waals surface area (Å²) in [6, 6.07) is 3.85. The van der Waals surface area contributed by atoms with Crippen molar-refractivity contribution in [3.05, 3.63) is 17.7 Å². The van der Waals surface area contributed by atoms with Crippen molar-refractivity contribution in [2.75, 3.05) is 25.7 Å². The molecule has 0 radical (unpaired) electrons. The van der Waals surface area contributed by atoms with E-state index < -0.39 is 0 Å². The molecule has 2 aliphatic rings. The van der Waals surface area contributed by atoms with Crippen LogP contribution in [0.3, 0.4) is 0 Å². The SMILES string of the molecule is COc1cc(OC)c2c(c1)N(C(=O)C1CC1)CCC2. The van der Waals surface area contributed by atoms with Crippen LogP contribution in [0.2, 0.25) is 0 Å². The van der Waals surface area contributed by atoms with Gasteiger partial charge in [-0.05, 0) is 25.7 Å². The number of nitrogens with zero attached hydrogens (tertiary/aromatic N) is 1. The quantitative estimate of drug-likeness (QED) is 0.838. The van der Waals surface area contributed by atoms with Gasteiger partial charge in [0.15, 0.2) is 0 Å². The lowest BCUT2D eigenvalue weighted by atomic mass is 9.99. The van der Waals surface area contributed by atoms with E-state index in [2.05, 4.69) is 0 Å². The Hall–Kier alpha value is -1.71. The predicted molar refractivity (Wildman–Crippen MR) is 72.9 cm³/mol. The van der Waals surface area contributed by atoms with Gasteiger partial charge in [-0.15, -0.1) is 0 Å². The Kier molecular flexibility index (Phi) is 3.09. The molecule has 0 aromatic heterocycles. The molecule has 0 bridgehead atoms. The maximum absolute atomic E-state index is 12.4. The van der Waals surface area contributed by atoms with E-state index in [1.165, 1.54) is 0 Å². The van der Waals surface area contributed by atoms with E-state index in [0.29, 0.717) is 0 Å². The Labute approximate surface area is 113 Å². The summed E-state index contributed by atoms with van der Waals surface area (Å²) in [5, 5.41) is 0. The monoisotopic (exact) mass is 261 g/mol. The van der Waals surface area contributed by atoms with Crippen molar-refractivity contribution in [1.82, 2.24) is 0 Å². The predicted octanol–water partition coefficient (Wildman–Crippen LogP) is 2.39. The highest BCUT2D eigenvalue weighted by Crippen LogP contribution is 2.41. The molecule has 1 heterocycles. The van der Waals surface area contributed by atoms with Crippen molar-refractivity contribution in [2.45, 2.75) is 25.7 Å². The van der Waals surface area contributed by atoms with Gasteiger partial charge in [0, 0.05) is 30.2 Å². The van der Waals surface area contributed by atoms with Gasteiger partial charge < -0.3 is 14.4 Å². The van der Waals surface area contributed by atoms with Crippen LogP contribution in [0.25, 0.3) is 0 Å². The molecule has 1 aliphatic heterocycles. The average Bonchev–Trinajstić information content (AvgIpc) is 3.29. The van der Waals surface area contributed by atoms with Crippen LogP contribution in [0.15, 0.2) is 12.1 Å². The summed E-state index contributed by atoms with van der Waals surface area (Å²) >= 11 is 0. The molecule has 0 N–H and O–H groups in total. The Bertz CT molecular complexity index is 508. The largest absolute Gasteiger partial charge is 0.497 e. The molecule has 1 aliphatic carbocycles. The molecule has 1 aromatic carbocycles. The van der Waals surface area contributed by atoms with E-state index in [1.807, 2.05) is 17.0 Å². The lowest BCUT2D eigenvalue weighted by molar-refractivity contribution is -0.119. The van der Waals surface area contributed by atoms with E-state index in [0.717, 1.165) is 55.0 Å². The van der Waals surface area contributed by atoms with Crippen LogP contribution in [-0.2, 0) is 11.2 Å². The molecule has 4 nitrogen and oxygen atoms in total. The molecule has 0 atom stereocenters. The molecular weight excluding hydrogens is 242 g/mol. The Morgan fingerprint density at radius 1 is 1.26 bits per heavy atom. The fourth-order valence-corrected chi connectivity index (χ4v) is 2.71. The van der Waals surface area contributed by atoms with E-state index in [9.17, 15) is 4.79 Å². The number of benzene rings is 1. The zero-order chi connectivity index (χ0) is 13.4. The number of anilines is 1. The third-order valence-corrected chi connectivity index (χ3v) is 3.91. The molecule has 0 spiro atoms. The van der Waals surface area contributed by atoms with E-state index in [4.69, 9.17) is 9.47 Å². The highest BCUT2D eigenvalue weighted by atomic mass is 16.5. The van der Waals surface area contributed by atoms with Gasteiger partial charge >= 0.3 is 0 Å². The zero-order valence-corrected chi connectivity index (χ0v) is 11.4. The number of carbonyl (C=O) groups excluding carboxylic acids is 1. The van der Waals surface area contributed by atoms with Gasteiger partial charge in [-0.25, -0.2) is 0 Å². The lowest BCUT2D eigenvalue weighted by Gasteiger charge is -2.31. The van der Waals surface area contributed by atoms with Gasteiger partial charge in [0.05, 0.1) is 19.9 Å².